The van der Waals surface area contributed by atoms with Gasteiger partial charge in [-0.25, -0.2) is 9.59 Å². The fourth-order valence-corrected chi connectivity index (χ4v) is 5.56. The molecule has 0 saturated heterocycles. The fourth-order valence-electron chi connectivity index (χ4n) is 4.62. The van der Waals surface area contributed by atoms with Gasteiger partial charge in [-0.2, -0.15) is 5.10 Å². The van der Waals surface area contributed by atoms with Crippen molar-refractivity contribution in [1.82, 2.24) is 16.1 Å². The number of halogens is 2. The number of rotatable bonds is 15. The van der Waals surface area contributed by atoms with E-state index in [1.165, 1.54) is 7.11 Å². The van der Waals surface area contributed by atoms with Crippen LogP contribution in [0.5, 0.6) is 23.0 Å². The zero-order valence-corrected chi connectivity index (χ0v) is 30.0. The first kappa shape index (κ1) is 35.8. The van der Waals surface area contributed by atoms with E-state index in [0.717, 1.165) is 9.13 Å². The predicted molar refractivity (Wildman–Crippen MR) is 188 cm³/mol. The van der Waals surface area contributed by atoms with Gasteiger partial charge < -0.3 is 39.4 Å². The van der Waals surface area contributed by atoms with Crippen LogP contribution in [0.15, 0.2) is 75.4 Å². The smallest absolute Gasteiger partial charge is 0.337 e. The van der Waals surface area contributed by atoms with Gasteiger partial charge in [0.05, 0.1) is 42.6 Å². The Labute approximate surface area is 295 Å². The van der Waals surface area contributed by atoms with Crippen molar-refractivity contribution in [2.45, 2.75) is 39.6 Å². The Kier molecular flexibility index (Phi) is 13.1. The highest BCUT2D eigenvalue weighted by Gasteiger charge is 2.32. The summed E-state index contributed by atoms with van der Waals surface area (Å²) in [6.45, 7) is 6.33. The first-order valence-electron chi connectivity index (χ1n) is 14.7. The number of urea groups is 1. The molecular formula is C33H36BrIN4O8. The fraction of sp³-hybridized carbons (Fsp3) is 0.303. The number of hydrogen-bond donors (Lipinski definition) is 4. The number of allylic oxidation sites excluding steroid dienone is 1. The average Bonchev–Trinajstić information content (AvgIpc) is 3.04. The molecule has 250 valence electrons. The second-order valence-corrected chi connectivity index (χ2v) is 12.2. The summed E-state index contributed by atoms with van der Waals surface area (Å²) in [6, 6.07) is 15.5. The van der Waals surface area contributed by atoms with Crippen LogP contribution in [0.3, 0.4) is 0 Å². The van der Waals surface area contributed by atoms with Gasteiger partial charge in [0.15, 0.2) is 29.2 Å². The lowest BCUT2D eigenvalue weighted by molar-refractivity contribution is -0.136. The highest BCUT2D eigenvalue weighted by molar-refractivity contribution is 14.1. The van der Waals surface area contributed by atoms with Crippen LogP contribution in [-0.4, -0.2) is 56.5 Å². The maximum atomic E-state index is 12.5. The number of benzene rings is 3. The molecule has 2 amide bonds. The van der Waals surface area contributed by atoms with E-state index < -0.39 is 24.3 Å². The van der Waals surface area contributed by atoms with Crippen LogP contribution < -0.4 is 35.0 Å². The van der Waals surface area contributed by atoms with Gasteiger partial charge in [0, 0.05) is 9.27 Å². The molecule has 0 aliphatic carbocycles. The molecule has 4 rings (SSSR count). The van der Waals surface area contributed by atoms with E-state index >= 15 is 0 Å². The lowest BCUT2D eigenvalue weighted by atomic mass is 9.95. The molecule has 0 radical (unpaired) electrons. The van der Waals surface area contributed by atoms with E-state index in [4.69, 9.17) is 23.7 Å². The quantitative estimate of drug-likeness (QED) is 0.0509. The number of ether oxygens (including phenoxy) is 5. The van der Waals surface area contributed by atoms with E-state index in [2.05, 4.69) is 59.7 Å². The van der Waals surface area contributed by atoms with Crippen LogP contribution in [-0.2, 0) is 16.1 Å². The predicted octanol–water partition coefficient (Wildman–Crippen LogP) is 5.55. The summed E-state index contributed by atoms with van der Waals surface area (Å²) >= 11 is 5.84. The molecule has 0 aromatic heterocycles. The Hall–Kier alpha value is -4.02. The van der Waals surface area contributed by atoms with Crippen LogP contribution in [0.4, 0.5) is 4.79 Å². The molecule has 3 aromatic carbocycles. The van der Waals surface area contributed by atoms with Crippen LogP contribution in [0.25, 0.3) is 0 Å². The summed E-state index contributed by atoms with van der Waals surface area (Å²) < 4.78 is 30.3. The minimum atomic E-state index is -1.16. The standard InChI is InChI=1S/C33H36BrIN4O8/c1-5-44-26-15-22(30-29(32(41)43-4)19(3)37-33(42)38-30)9-12-25(26)46-18-28(40)39-36-16-21-13-24(34)31(27(14-21)45-6-2)47-17-20-7-10-23(35)11-8-20/h7-16,28,30,39-40H,5-6,17-18H2,1-4H3,(H2,37,38,42)/b36-16-/t28-,30-/m1/s1. The molecule has 1 heterocycles. The van der Waals surface area contributed by atoms with Gasteiger partial charge in [0.1, 0.15) is 13.2 Å². The third-order valence-corrected chi connectivity index (χ3v) is 8.05. The third-order valence-electron chi connectivity index (χ3n) is 6.74. The van der Waals surface area contributed by atoms with Gasteiger partial charge in [-0.15, -0.1) is 0 Å². The van der Waals surface area contributed by atoms with E-state index in [9.17, 15) is 14.7 Å². The molecule has 0 bridgehead atoms. The molecule has 1 aliphatic rings. The maximum absolute atomic E-state index is 12.5. The number of aliphatic hydroxyl groups excluding tert-OH is 1. The van der Waals surface area contributed by atoms with Crippen LogP contribution in [0, 0.1) is 3.57 Å². The highest BCUT2D eigenvalue weighted by atomic mass is 127. The molecule has 12 nitrogen and oxygen atoms in total. The lowest BCUT2D eigenvalue weighted by Gasteiger charge is -2.28. The number of aliphatic hydroxyl groups is 1. The number of carbonyl (C=O) groups excluding carboxylic acids is 2. The summed E-state index contributed by atoms with van der Waals surface area (Å²) in [5.41, 5.74) is 5.63. The van der Waals surface area contributed by atoms with Crippen LogP contribution in [0.2, 0.25) is 0 Å². The largest absolute Gasteiger partial charge is 0.490 e. The van der Waals surface area contributed by atoms with Crippen molar-refractivity contribution in [3.8, 4) is 23.0 Å². The number of nitrogens with zero attached hydrogens (tertiary/aromatic N) is 1. The maximum Gasteiger partial charge on any atom is 0.337 e. The highest BCUT2D eigenvalue weighted by Crippen LogP contribution is 2.37. The number of carbonyl (C=O) groups is 2. The van der Waals surface area contributed by atoms with Gasteiger partial charge in [-0.3, -0.25) is 5.43 Å². The third kappa shape index (κ3) is 9.74. The van der Waals surface area contributed by atoms with Crippen LogP contribution in [0.1, 0.15) is 43.5 Å². The Bertz CT molecular complexity index is 1630. The summed E-state index contributed by atoms with van der Waals surface area (Å²) in [7, 11) is 1.28. The van der Waals surface area contributed by atoms with Crippen molar-refractivity contribution in [3.05, 3.63) is 90.6 Å². The molecule has 47 heavy (non-hydrogen) atoms. The number of amides is 2. The Morgan fingerprint density at radius 1 is 1.04 bits per heavy atom. The van der Waals surface area contributed by atoms with Gasteiger partial charge >= 0.3 is 12.0 Å². The first-order chi connectivity index (χ1) is 22.6. The number of nitrogens with one attached hydrogen (secondary N) is 3. The molecule has 14 heteroatoms. The Balaban J connectivity index is 1.40. The van der Waals surface area contributed by atoms with E-state index in [1.807, 2.05) is 44.2 Å². The zero-order chi connectivity index (χ0) is 33.9. The monoisotopic (exact) mass is 822 g/mol. The van der Waals surface area contributed by atoms with Crippen LogP contribution >= 0.6 is 38.5 Å². The van der Waals surface area contributed by atoms with Crippen molar-refractivity contribution in [3.63, 3.8) is 0 Å². The van der Waals surface area contributed by atoms with Crippen molar-refractivity contribution in [2.24, 2.45) is 5.10 Å². The number of hydrazone groups is 1. The van der Waals surface area contributed by atoms with E-state index in [-0.39, 0.29) is 12.2 Å². The summed E-state index contributed by atoms with van der Waals surface area (Å²) in [4.78, 5) is 24.7. The second-order valence-electron chi connectivity index (χ2n) is 10.1. The summed E-state index contributed by atoms with van der Waals surface area (Å²) in [6.07, 6.45) is 0.383. The summed E-state index contributed by atoms with van der Waals surface area (Å²) in [5, 5.41) is 20.0. The van der Waals surface area contributed by atoms with Crippen molar-refractivity contribution in [1.29, 1.82) is 0 Å². The first-order valence-corrected chi connectivity index (χ1v) is 16.6. The number of hydrogen-bond acceptors (Lipinski definition) is 10. The van der Waals surface area contributed by atoms with Crippen molar-refractivity contribution < 1.29 is 38.4 Å². The molecule has 0 fully saturated rings. The minimum absolute atomic E-state index is 0.160. The Morgan fingerprint density at radius 2 is 1.77 bits per heavy atom. The minimum Gasteiger partial charge on any atom is -0.490 e. The van der Waals surface area contributed by atoms with E-state index in [0.29, 0.717) is 64.1 Å². The van der Waals surface area contributed by atoms with Gasteiger partial charge in [0.2, 0.25) is 0 Å². The molecule has 0 saturated carbocycles. The van der Waals surface area contributed by atoms with Crippen molar-refractivity contribution >= 4 is 56.7 Å². The molecule has 3 aromatic rings. The van der Waals surface area contributed by atoms with E-state index in [1.54, 1.807) is 37.4 Å². The van der Waals surface area contributed by atoms with Crippen molar-refractivity contribution in [2.75, 3.05) is 26.9 Å². The number of esters is 1. The van der Waals surface area contributed by atoms with Gasteiger partial charge in [-0.1, -0.05) is 18.2 Å². The topological polar surface area (TPSA) is 149 Å². The molecule has 2 atom stereocenters. The molecule has 0 unspecified atom stereocenters. The van der Waals surface area contributed by atoms with Gasteiger partial charge in [0.25, 0.3) is 0 Å². The molecule has 1 aliphatic heterocycles. The normalized spacial score (nSPS) is 15.0. The van der Waals surface area contributed by atoms with Gasteiger partial charge in [-0.05, 0) is 112 Å². The Morgan fingerprint density at radius 3 is 2.47 bits per heavy atom. The number of methoxy groups -OCH3 is 1. The lowest BCUT2D eigenvalue weighted by Crippen LogP contribution is -2.45. The zero-order valence-electron chi connectivity index (χ0n) is 26.3. The average molecular weight is 823 g/mol. The molecule has 4 N–H and O–H groups in total. The SMILES string of the molecule is CCOc1cc([C@H]2NC(=O)NC(C)=C2C(=O)OC)ccc1OC[C@@H](O)N/N=C\c1cc(Br)c(OCc2ccc(I)cc2)c(OCC)c1. The molecule has 0 spiro atoms. The molecular weight excluding hydrogens is 787 g/mol. The second kappa shape index (κ2) is 17.2. The summed E-state index contributed by atoms with van der Waals surface area (Å²) in [5.74, 6) is 1.28.